The maximum Gasteiger partial charge on any atom is 0.410 e. The topological polar surface area (TPSA) is 82.9 Å². The summed E-state index contributed by atoms with van der Waals surface area (Å²) in [5.74, 6) is 0.801. The third-order valence-corrected chi connectivity index (χ3v) is 7.33. The summed E-state index contributed by atoms with van der Waals surface area (Å²) >= 11 is 0. The van der Waals surface area contributed by atoms with E-state index in [1.165, 1.54) is 12.0 Å². The second-order valence-electron chi connectivity index (χ2n) is 9.47. The van der Waals surface area contributed by atoms with Crippen molar-refractivity contribution < 1.29 is 9.53 Å². The van der Waals surface area contributed by atoms with E-state index in [0.717, 1.165) is 43.0 Å². The Morgan fingerprint density at radius 2 is 1.94 bits per heavy atom. The van der Waals surface area contributed by atoms with Crippen molar-refractivity contribution in [3.63, 3.8) is 0 Å². The molecule has 0 radical (unpaired) electrons. The Bertz CT molecular complexity index is 1060. The zero-order chi connectivity index (χ0) is 23.5. The van der Waals surface area contributed by atoms with Crippen molar-refractivity contribution in [3.8, 4) is 0 Å². The Balaban J connectivity index is 1.27. The second-order valence-corrected chi connectivity index (χ2v) is 9.47. The molecule has 9 heteroatoms. The lowest BCUT2D eigenvalue weighted by molar-refractivity contribution is 0.0941. The van der Waals surface area contributed by atoms with Crippen LogP contribution in [-0.4, -0.2) is 77.8 Å². The molecule has 1 amide bonds. The van der Waals surface area contributed by atoms with Crippen LogP contribution in [0.2, 0.25) is 0 Å². The lowest BCUT2D eigenvalue weighted by Crippen LogP contribution is -2.50. The average Bonchev–Trinajstić information content (AvgIpc) is 3.29. The number of aromatic nitrogens is 2. The number of anilines is 1. The number of carbonyl (C=O) groups is 1. The zero-order valence-corrected chi connectivity index (χ0v) is 19.9. The molecule has 3 aliphatic heterocycles. The number of rotatable bonds is 5. The molecule has 0 bridgehead atoms. The lowest BCUT2D eigenvalue weighted by atomic mass is 10.0. The summed E-state index contributed by atoms with van der Waals surface area (Å²) in [5, 5.41) is 3.44. The maximum atomic E-state index is 13.1. The van der Waals surface area contributed by atoms with E-state index in [2.05, 4.69) is 27.1 Å². The molecule has 2 aromatic rings. The summed E-state index contributed by atoms with van der Waals surface area (Å²) in [5.41, 5.74) is 3.07. The summed E-state index contributed by atoms with van der Waals surface area (Å²) in [7, 11) is 2.14. The van der Waals surface area contributed by atoms with Crippen LogP contribution < -0.4 is 15.9 Å². The third-order valence-electron chi connectivity index (χ3n) is 7.33. The van der Waals surface area contributed by atoms with Gasteiger partial charge >= 0.3 is 11.8 Å². The Hall–Kier alpha value is -2.91. The number of hydrogen-bond acceptors (Lipinski definition) is 7. The highest BCUT2D eigenvalue weighted by atomic mass is 16.6. The minimum atomic E-state index is -0.293. The molecule has 182 valence electrons. The Morgan fingerprint density at radius 1 is 1.15 bits per heavy atom. The molecule has 1 N–H and O–H groups in total. The minimum Gasteiger partial charge on any atom is -0.445 e. The van der Waals surface area contributed by atoms with Gasteiger partial charge in [0.15, 0.2) is 0 Å². The number of likely N-dealkylation sites (tertiary alicyclic amines) is 1. The molecule has 0 saturated carbocycles. The van der Waals surface area contributed by atoms with Crippen LogP contribution in [0.3, 0.4) is 0 Å². The number of amides is 1. The predicted octanol–water partition coefficient (Wildman–Crippen LogP) is 1.44. The number of benzene rings is 1. The van der Waals surface area contributed by atoms with Crippen LogP contribution in [0.15, 0.2) is 35.1 Å². The van der Waals surface area contributed by atoms with Crippen LogP contribution in [0.5, 0.6) is 0 Å². The molecular weight excluding hydrogens is 432 g/mol. The molecule has 2 fully saturated rings. The molecule has 3 aliphatic rings. The van der Waals surface area contributed by atoms with Crippen LogP contribution in [0.1, 0.15) is 29.7 Å². The summed E-state index contributed by atoms with van der Waals surface area (Å²) in [6.45, 7) is 6.03. The molecule has 34 heavy (non-hydrogen) atoms. The fourth-order valence-corrected chi connectivity index (χ4v) is 5.29. The van der Waals surface area contributed by atoms with Gasteiger partial charge in [0.05, 0.1) is 0 Å². The van der Waals surface area contributed by atoms with E-state index in [0.29, 0.717) is 45.3 Å². The van der Waals surface area contributed by atoms with Gasteiger partial charge in [0.25, 0.3) is 0 Å². The van der Waals surface area contributed by atoms with E-state index in [1.54, 1.807) is 4.90 Å². The van der Waals surface area contributed by atoms with E-state index in [-0.39, 0.29) is 18.4 Å². The molecule has 0 spiro atoms. The highest BCUT2D eigenvalue weighted by Crippen LogP contribution is 2.26. The van der Waals surface area contributed by atoms with Gasteiger partial charge in [0, 0.05) is 56.6 Å². The van der Waals surface area contributed by atoms with Crippen molar-refractivity contribution in [1.29, 1.82) is 0 Å². The summed E-state index contributed by atoms with van der Waals surface area (Å²) in [6, 6.07) is 10.1. The van der Waals surface area contributed by atoms with E-state index in [4.69, 9.17) is 4.74 Å². The first-order valence-electron chi connectivity index (χ1n) is 12.3. The number of hydrogen-bond donors (Lipinski definition) is 1. The summed E-state index contributed by atoms with van der Waals surface area (Å²) in [4.78, 5) is 36.5. The van der Waals surface area contributed by atoms with Crippen molar-refractivity contribution in [2.75, 3.05) is 51.2 Å². The molecular formula is C25H34N6O3. The monoisotopic (exact) mass is 466 g/mol. The number of carbonyl (C=O) groups excluding carboxylic acids is 1. The van der Waals surface area contributed by atoms with Crippen LogP contribution >= 0.6 is 0 Å². The van der Waals surface area contributed by atoms with Gasteiger partial charge in [-0.1, -0.05) is 30.3 Å². The van der Waals surface area contributed by atoms with Gasteiger partial charge in [-0.15, -0.1) is 0 Å². The third kappa shape index (κ3) is 4.81. The molecule has 5 rings (SSSR count). The number of piperazine rings is 1. The van der Waals surface area contributed by atoms with Crippen molar-refractivity contribution in [3.05, 3.63) is 57.6 Å². The van der Waals surface area contributed by atoms with Crippen molar-refractivity contribution in [2.45, 2.75) is 45.0 Å². The quantitative estimate of drug-likeness (QED) is 0.714. The molecule has 4 heterocycles. The van der Waals surface area contributed by atoms with Crippen molar-refractivity contribution in [1.82, 2.24) is 24.7 Å². The van der Waals surface area contributed by atoms with Gasteiger partial charge in [-0.05, 0) is 45.0 Å². The van der Waals surface area contributed by atoms with Gasteiger partial charge in [-0.25, -0.2) is 9.59 Å². The van der Waals surface area contributed by atoms with E-state index in [1.807, 2.05) is 34.9 Å². The minimum absolute atomic E-state index is 0.164. The highest BCUT2D eigenvalue weighted by molar-refractivity contribution is 5.68. The highest BCUT2D eigenvalue weighted by Gasteiger charge is 2.29. The number of nitrogens with zero attached hydrogens (tertiary/aromatic N) is 5. The molecule has 9 nitrogen and oxygen atoms in total. The van der Waals surface area contributed by atoms with Crippen LogP contribution in [0.25, 0.3) is 0 Å². The van der Waals surface area contributed by atoms with Gasteiger partial charge in [-0.2, -0.15) is 4.98 Å². The summed E-state index contributed by atoms with van der Waals surface area (Å²) < 4.78 is 7.39. The molecule has 1 aromatic carbocycles. The smallest absolute Gasteiger partial charge is 0.410 e. The lowest BCUT2D eigenvalue weighted by Gasteiger charge is -2.37. The molecule has 0 aliphatic carbocycles. The first kappa shape index (κ1) is 22.9. The SMILES string of the molecule is CN1CCC[C@H]1Cn1c2c(c(N3CCN(C(=O)OCc4ccccc4)CC3)nc1=O)CCNC2. The molecule has 0 unspecified atom stereocenters. The maximum absolute atomic E-state index is 13.1. The number of likely N-dealkylation sites (N-methyl/N-ethyl adjacent to an activating group) is 1. The first-order valence-corrected chi connectivity index (χ1v) is 12.3. The predicted molar refractivity (Wildman–Crippen MR) is 130 cm³/mol. The number of fused-ring (bicyclic) bond motifs is 1. The Morgan fingerprint density at radius 3 is 2.68 bits per heavy atom. The standard InChI is InChI=1S/C25H34N6O3/c1-28-11-5-8-20(28)17-31-22-16-26-10-9-21(22)23(27-24(31)32)29-12-14-30(15-13-29)25(33)34-18-19-6-3-2-4-7-19/h2-4,6-7,20,26H,5,8-18H2,1H3/t20-/m0/s1. The fourth-order valence-electron chi connectivity index (χ4n) is 5.29. The van der Waals surface area contributed by atoms with Crippen LogP contribution in [0.4, 0.5) is 10.6 Å². The van der Waals surface area contributed by atoms with Crippen LogP contribution in [0, 0.1) is 0 Å². The van der Waals surface area contributed by atoms with Crippen molar-refractivity contribution >= 4 is 11.9 Å². The largest absolute Gasteiger partial charge is 0.445 e. The van der Waals surface area contributed by atoms with E-state index in [9.17, 15) is 9.59 Å². The average molecular weight is 467 g/mol. The fraction of sp³-hybridized carbons (Fsp3) is 0.560. The van der Waals surface area contributed by atoms with Gasteiger partial charge in [0.2, 0.25) is 0 Å². The Kier molecular flexibility index (Phi) is 6.82. The second kappa shape index (κ2) is 10.1. The molecule has 1 atom stereocenters. The Labute approximate surface area is 200 Å². The normalized spacial score (nSPS) is 20.9. The van der Waals surface area contributed by atoms with Gasteiger partial charge in [0.1, 0.15) is 12.4 Å². The van der Waals surface area contributed by atoms with Crippen molar-refractivity contribution in [2.24, 2.45) is 0 Å². The first-order chi connectivity index (χ1) is 16.6. The molecule has 1 aromatic heterocycles. The van der Waals surface area contributed by atoms with Crippen LogP contribution in [-0.2, 0) is 30.9 Å². The van der Waals surface area contributed by atoms with Gasteiger partial charge < -0.3 is 24.8 Å². The van der Waals surface area contributed by atoms with E-state index < -0.39 is 0 Å². The van der Waals surface area contributed by atoms with E-state index >= 15 is 0 Å². The zero-order valence-electron chi connectivity index (χ0n) is 19.9. The number of ether oxygens (including phenoxy) is 1. The summed E-state index contributed by atoms with van der Waals surface area (Å²) in [6.07, 6.45) is 2.87. The number of nitrogens with one attached hydrogen (secondary N) is 1. The molecule has 2 saturated heterocycles. The van der Waals surface area contributed by atoms with Gasteiger partial charge in [-0.3, -0.25) is 4.57 Å².